The first-order valence-corrected chi connectivity index (χ1v) is 5.86. The van der Waals surface area contributed by atoms with Crippen LogP contribution < -0.4 is 5.32 Å². The maximum Gasteiger partial charge on any atom is 0.235 e. The smallest absolute Gasteiger partial charge is 0.235 e. The van der Waals surface area contributed by atoms with E-state index in [1.807, 2.05) is 0 Å². The van der Waals surface area contributed by atoms with Gasteiger partial charge < -0.3 is 5.32 Å². The minimum absolute atomic E-state index is 0.00175. The molecule has 1 N–H and O–H groups in total. The van der Waals surface area contributed by atoms with E-state index in [0.717, 1.165) is 4.31 Å². The average Bonchev–Trinajstić information content (AvgIpc) is 2.14. The Morgan fingerprint density at radius 3 is 2.57 bits per heavy atom. The van der Waals surface area contributed by atoms with Crippen LogP contribution in [0.25, 0.3) is 0 Å². The molecule has 1 amide bonds. The van der Waals surface area contributed by atoms with Gasteiger partial charge in [-0.15, -0.1) is 6.58 Å². The summed E-state index contributed by atoms with van der Waals surface area (Å²) in [6, 6.07) is 0. The van der Waals surface area contributed by atoms with E-state index in [1.54, 1.807) is 0 Å². The summed E-state index contributed by atoms with van der Waals surface area (Å²) in [4.78, 5) is 11.1. The Bertz CT molecular complexity index is 298. The summed E-state index contributed by atoms with van der Waals surface area (Å²) in [6.07, 6.45) is 1.53. The second-order valence-corrected chi connectivity index (χ2v) is 5.11. The lowest BCUT2D eigenvalue weighted by Crippen LogP contribution is -2.38. The van der Waals surface area contributed by atoms with E-state index in [9.17, 15) is 13.2 Å². The molecule has 0 aromatic rings. The molecule has 0 aliphatic heterocycles. The summed E-state index contributed by atoms with van der Waals surface area (Å²) in [5, 5.41) is 2.50. The monoisotopic (exact) mass is 220 g/mol. The molecule has 0 radical (unpaired) electrons. The molecule has 5 nitrogen and oxygen atoms in total. The molecule has 0 aliphatic carbocycles. The summed E-state index contributed by atoms with van der Waals surface area (Å²) in [5.41, 5.74) is 0. The number of carbonyl (C=O) groups is 1. The van der Waals surface area contributed by atoms with Gasteiger partial charge in [-0.05, 0) is 6.92 Å². The zero-order valence-electron chi connectivity index (χ0n) is 8.49. The van der Waals surface area contributed by atoms with Gasteiger partial charge in [-0.25, -0.2) is 8.42 Å². The molecular formula is C8H16N2O3S. The number of rotatable bonds is 6. The van der Waals surface area contributed by atoms with Crippen molar-refractivity contribution in [1.82, 2.24) is 9.62 Å². The van der Waals surface area contributed by atoms with Crippen molar-refractivity contribution in [3.63, 3.8) is 0 Å². The molecule has 0 aromatic heterocycles. The van der Waals surface area contributed by atoms with Crippen LogP contribution in [0.15, 0.2) is 12.7 Å². The molecule has 0 heterocycles. The van der Waals surface area contributed by atoms with Gasteiger partial charge in [0.1, 0.15) is 0 Å². The lowest BCUT2D eigenvalue weighted by molar-refractivity contribution is -0.120. The first-order valence-electron chi connectivity index (χ1n) is 4.25. The van der Waals surface area contributed by atoms with Gasteiger partial charge in [-0.3, -0.25) is 4.79 Å². The fraction of sp³-hybridized carbons (Fsp3) is 0.625. The zero-order chi connectivity index (χ0) is 11.2. The summed E-state index contributed by atoms with van der Waals surface area (Å²) >= 11 is 0. The molecule has 0 saturated carbocycles. The standard InChI is InChI=1S/C8H16N2O3S/c1-4-6-9-8(11)7-10(3)14(12,13)5-2/h4H,1,5-7H2,2-3H3,(H,9,11). The highest BCUT2D eigenvalue weighted by Gasteiger charge is 2.17. The SMILES string of the molecule is C=CCNC(=O)CN(C)S(=O)(=O)CC. The summed E-state index contributed by atoms with van der Waals surface area (Å²) in [6.45, 7) is 5.16. The maximum atomic E-state index is 11.2. The predicted molar refractivity (Wildman–Crippen MR) is 55.3 cm³/mol. The second-order valence-electron chi connectivity index (χ2n) is 2.75. The second kappa shape index (κ2) is 5.77. The minimum Gasteiger partial charge on any atom is -0.351 e. The molecule has 0 aromatic carbocycles. The zero-order valence-corrected chi connectivity index (χ0v) is 9.30. The van der Waals surface area contributed by atoms with E-state index >= 15 is 0 Å². The van der Waals surface area contributed by atoms with E-state index in [2.05, 4.69) is 11.9 Å². The molecule has 6 heteroatoms. The molecule has 82 valence electrons. The first-order chi connectivity index (χ1) is 6.44. The van der Waals surface area contributed by atoms with Gasteiger partial charge in [-0.2, -0.15) is 4.31 Å². The van der Waals surface area contributed by atoms with Crippen molar-refractivity contribution in [1.29, 1.82) is 0 Å². The Kier molecular flexibility index (Phi) is 5.40. The molecule has 0 saturated heterocycles. The fourth-order valence-corrected chi connectivity index (χ4v) is 1.52. The van der Waals surface area contributed by atoms with Crippen LogP contribution in [0.3, 0.4) is 0 Å². The van der Waals surface area contributed by atoms with Crippen LogP contribution in [0.5, 0.6) is 0 Å². The lowest BCUT2D eigenvalue weighted by atomic mass is 10.5. The van der Waals surface area contributed by atoms with E-state index < -0.39 is 10.0 Å². The normalized spacial score (nSPS) is 11.4. The Balaban J connectivity index is 4.12. The summed E-state index contributed by atoms with van der Waals surface area (Å²) in [7, 11) is -1.89. The van der Waals surface area contributed by atoms with Gasteiger partial charge in [0.15, 0.2) is 0 Å². The predicted octanol–water partition coefficient (Wildman–Crippen LogP) is -0.430. The van der Waals surface area contributed by atoms with Gasteiger partial charge in [-0.1, -0.05) is 6.08 Å². The molecule has 0 bridgehead atoms. The van der Waals surface area contributed by atoms with E-state index in [-0.39, 0.29) is 18.2 Å². The van der Waals surface area contributed by atoms with Gasteiger partial charge in [0, 0.05) is 13.6 Å². The van der Waals surface area contributed by atoms with Crippen molar-refractivity contribution in [2.45, 2.75) is 6.92 Å². The van der Waals surface area contributed by atoms with Crippen LogP contribution >= 0.6 is 0 Å². The molecule has 0 spiro atoms. The average molecular weight is 220 g/mol. The quantitative estimate of drug-likeness (QED) is 0.618. The summed E-state index contributed by atoms with van der Waals surface area (Å²) in [5.74, 6) is -0.331. The highest BCUT2D eigenvalue weighted by Crippen LogP contribution is 1.95. The molecule has 0 unspecified atom stereocenters. The number of nitrogens with zero attached hydrogens (tertiary/aromatic N) is 1. The Labute approximate surface area is 84.8 Å². The number of hydrogen-bond acceptors (Lipinski definition) is 3. The van der Waals surface area contributed by atoms with Crippen molar-refractivity contribution in [3.05, 3.63) is 12.7 Å². The third kappa shape index (κ3) is 4.38. The van der Waals surface area contributed by atoms with Gasteiger partial charge in [0.2, 0.25) is 15.9 Å². The third-order valence-electron chi connectivity index (χ3n) is 1.65. The Morgan fingerprint density at radius 2 is 2.14 bits per heavy atom. The van der Waals surface area contributed by atoms with E-state index in [0.29, 0.717) is 6.54 Å². The van der Waals surface area contributed by atoms with Crippen molar-refractivity contribution >= 4 is 15.9 Å². The Morgan fingerprint density at radius 1 is 1.57 bits per heavy atom. The minimum atomic E-state index is -3.27. The number of sulfonamides is 1. The lowest BCUT2D eigenvalue weighted by Gasteiger charge is -2.14. The van der Waals surface area contributed by atoms with Crippen molar-refractivity contribution < 1.29 is 13.2 Å². The van der Waals surface area contributed by atoms with Crippen LogP contribution in [0, 0.1) is 0 Å². The molecule has 14 heavy (non-hydrogen) atoms. The van der Waals surface area contributed by atoms with Crippen LogP contribution in [0.4, 0.5) is 0 Å². The number of carbonyl (C=O) groups excluding carboxylic acids is 1. The number of hydrogen-bond donors (Lipinski definition) is 1. The van der Waals surface area contributed by atoms with Crippen LogP contribution in [-0.4, -0.2) is 44.5 Å². The number of nitrogens with one attached hydrogen (secondary N) is 1. The third-order valence-corrected chi connectivity index (χ3v) is 3.46. The molecule has 0 fully saturated rings. The van der Waals surface area contributed by atoms with Crippen molar-refractivity contribution in [2.75, 3.05) is 25.9 Å². The van der Waals surface area contributed by atoms with Gasteiger partial charge >= 0.3 is 0 Å². The van der Waals surface area contributed by atoms with E-state index in [1.165, 1.54) is 20.0 Å². The molecular weight excluding hydrogens is 204 g/mol. The van der Waals surface area contributed by atoms with Crippen LogP contribution in [0.1, 0.15) is 6.92 Å². The highest BCUT2D eigenvalue weighted by atomic mass is 32.2. The molecule has 0 rings (SSSR count). The number of likely N-dealkylation sites (N-methyl/N-ethyl adjacent to an activating group) is 1. The summed E-state index contributed by atoms with van der Waals surface area (Å²) < 4.78 is 23.5. The van der Waals surface area contributed by atoms with Crippen molar-refractivity contribution in [2.24, 2.45) is 0 Å². The van der Waals surface area contributed by atoms with Gasteiger partial charge in [0.05, 0.1) is 12.3 Å². The first kappa shape index (κ1) is 13.1. The van der Waals surface area contributed by atoms with E-state index in [4.69, 9.17) is 0 Å². The van der Waals surface area contributed by atoms with Crippen LogP contribution in [0.2, 0.25) is 0 Å². The number of amides is 1. The van der Waals surface area contributed by atoms with Crippen LogP contribution in [-0.2, 0) is 14.8 Å². The molecule has 0 atom stereocenters. The maximum absolute atomic E-state index is 11.2. The Hall–Kier alpha value is -0.880. The van der Waals surface area contributed by atoms with Gasteiger partial charge in [0.25, 0.3) is 0 Å². The topological polar surface area (TPSA) is 66.5 Å². The highest BCUT2D eigenvalue weighted by molar-refractivity contribution is 7.89. The fourth-order valence-electron chi connectivity index (χ4n) is 0.763. The van der Waals surface area contributed by atoms with Crippen molar-refractivity contribution in [3.8, 4) is 0 Å². The molecule has 0 aliphatic rings. The largest absolute Gasteiger partial charge is 0.351 e.